The molecule has 5 heteroatoms. The molecule has 0 aliphatic carbocycles. The SMILES string of the molecule is CC(c1ccccc1)N(Cc1ccccc1)C(=O)C(F)(F)F. The van der Waals surface area contributed by atoms with Gasteiger partial charge < -0.3 is 4.90 Å². The largest absolute Gasteiger partial charge is 0.471 e. The molecule has 0 spiro atoms. The van der Waals surface area contributed by atoms with Crippen LogP contribution in [0.5, 0.6) is 0 Å². The average Bonchev–Trinajstić information content (AvgIpc) is 2.52. The fourth-order valence-electron chi connectivity index (χ4n) is 2.24. The number of rotatable bonds is 4. The Labute approximate surface area is 127 Å². The number of amides is 1. The van der Waals surface area contributed by atoms with Gasteiger partial charge in [-0.3, -0.25) is 4.79 Å². The van der Waals surface area contributed by atoms with Crippen LogP contribution in [0.15, 0.2) is 60.7 Å². The molecule has 22 heavy (non-hydrogen) atoms. The summed E-state index contributed by atoms with van der Waals surface area (Å²) >= 11 is 0. The number of hydrogen-bond donors (Lipinski definition) is 0. The second-order valence-electron chi connectivity index (χ2n) is 5.00. The maximum Gasteiger partial charge on any atom is 0.471 e. The second kappa shape index (κ2) is 6.64. The van der Waals surface area contributed by atoms with E-state index < -0.39 is 18.1 Å². The number of carbonyl (C=O) groups excluding carboxylic acids is 1. The van der Waals surface area contributed by atoms with E-state index >= 15 is 0 Å². The Kier molecular flexibility index (Phi) is 4.85. The van der Waals surface area contributed by atoms with Crippen LogP contribution in [0.4, 0.5) is 13.2 Å². The van der Waals surface area contributed by atoms with Gasteiger partial charge >= 0.3 is 12.1 Å². The normalized spacial score (nSPS) is 12.7. The first-order valence-corrected chi connectivity index (χ1v) is 6.86. The van der Waals surface area contributed by atoms with Crippen LogP contribution in [0.2, 0.25) is 0 Å². The lowest BCUT2D eigenvalue weighted by molar-refractivity contribution is -0.188. The van der Waals surface area contributed by atoms with Gasteiger partial charge in [-0.15, -0.1) is 0 Å². The number of benzene rings is 2. The fraction of sp³-hybridized carbons (Fsp3) is 0.235. The molecule has 0 aliphatic heterocycles. The molecule has 0 aliphatic rings. The molecular formula is C17H16F3NO. The van der Waals surface area contributed by atoms with E-state index in [1.54, 1.807) is 67.6 Å². The molecule has 0 saturated heterocycles. The Bertz CT molecular complexity index is 611. The quantitative estimate of drug-likeness (QED) is 0.823. The predicted octanol–water partition coefficient (Wildman–Crippen LogP) is 4.34. The molecule has 2 rings (SSSR count). The van der Waals surface area contributed by atoms with E-state index in [1.807, 2.05) is 0 Å². The zero-order chi connectivity index (χ0) is 16.2. The van der Waals surface area contributed by atoms with Gasteiger partial charge in [-0.2, -0.15) is 13.2 Å². The molecule has 0 bridgehead atoms. The highest BCUT2D eigenvalue weighted by atomic mass is 19.4. The van der Waals surface area contributed by atoms with Crippen LogP contribution in [-0.4, -0.2) is 17.0 Å². The lowest BCUT2D eigenvalue weighted by Crippen LogP contribution is -2.42. The summed E-state index contributed by atoms with van der Waals surface area (Å²) in [5, 5.41) is 0. The highest BCUT2D eigenvalue weighted by Crippen LogP contribution is 2.28. The minimum absolute atomic E-state index is 0.0881. The van der Waals surface area contributed by atoms with Crippen molar-refractivity contribution in [3.05, 3.63) is 71.8 Å². The van der Waals surface area contributed by atoms with Crippen molar-refractivity contribution in [3.8, 4) is 0 Å². The smallest absolute Gasteiger partial charge is 0.324 e. The van der Waals surface area contributed by atoms with Crippen molar-refractivity contribution in [2.75, 3.05) is 0 Å². The van der Waals surface area contributed by atoms with Crippen LogP contribution in [0, 0.1) is 0 Å². The molecular weight excluding hydrogens is 291 g/mol. The van der Waals surface area contributed by atoms with E-state index in [4.69, 9.17) is 0 Å². The molecule has 2 aromatic rings. The first kappa shape index (κ1) is 16.1. The van der Waals surface area contributed by atoms with Gasteiger partial charge in [0.15, 0.2) is 0 Å². The molecule has 1 atom stereocenters. The van der Waals surface area contributed by atoms with Gasteiger partial charge in [0.2, 0.25) is 0 Å². The third-order valence-electron chi connectivity index (χ3n) is 3.45. The molecule has 1 unspecified atom stereocenters. The van der Waals surface area contributed by atoms with Crippen molar-refractivity contribution >= 4 is 5.91 Å². The topological polar surface area (TPSA) is 20.3 Å². The summed E-state index contributed by atoms with van der Waals surface area (Å²) in [6, 6.07) is 16.7. The van der Waals surface area contributed by atoms with Crippen LogP contribution in [-0.2, 0) is 11.3 Å². The van der Waals surface area contributed by atoms with Gasteiger partial charge in [-0.05, 0) is 18.1 Å². The molecule has 0 fully saturated rings. The Morgan fingerprint density at radius 1 is 1.00 bits per heavy atom. The summed E-state index contributed by atoms with van der Waals surface area (Å²) in [4.78, 5) is 12.6. The summed E-state index contributed by atoms with van der Waals surface area (Å²) in [7, 11) is 0. The lowest BCUT2D eigenvalue weighted by Gasteiger charge is -2.30. The van der Waals surface area contributed by atoms with E-state index in [0.717, 1.165) is 4.90 Å². The number of nitrogens with zero attached hydrogens (tertiary/aromatic N) is 1. The van der Waals surface area contributed by atoms with E-state index in [1.165, 1.54) is 0 Å². The molecule has 2 nitrogen and oxygen atoms in total. The molecule has 1 amide bonds. The van der Waals surface area contributed by atoms with Gasteiger partial charge in [-0.25, -0.2) is 0 Å². The van der Waals surface area contributed by atoms with E-state index in [0.29, 0.717) is 11.1 Å². The Balaban J connectivity index is 2.31. The van der Waals surface area contributed by atoms with Crippen LogP contribution in [0.3, 0.4) is 0 Å². The van der Waals surface area contributed by atoms with E-state index in [2.05, 4.69) is 0 Å². The second-order valence-corrected chi connectivity index (χ2v) is 5.00. The molecule has 0 N–H and O–H groups in total. The van der Waals surface area contributed by atoms with Crippen molar-refractivity contribution in [3.63, 3.8) is 0 Å². The highest BCUT2D eigenvalue weighted by molar-refractivity contribution is 5.82. The molecule has 0 radical (unpaired) electrons. The number of carbonyl (C=O) groups is 1. The standard InChI is InChI=1S/C17H16F3NO/c1-13(15-10-6-3-7-11-15)21(16(22)17(18,19)20)12-14-8-4-2-5-9-14/h2-11,13H,12H2,1H3. The Morgan fingerprint density at radius 2 is 1.50 bits per heavy atom. The van der Waals surface area contributed by atoms with Crippen molar-refractivity contribution in [1.29, 1.82) is 0 Å². The Hall–Kier alpha value is -2.30. The maximum atomic E-state index is 12.9. The zero-order valence-corrected chi connectivity index (χ0v) is 12.0. The highest BCUT2D eigenvalue weighted by Gasteiger charge is 2.44. The van der Waals surface area contributed by atoms with E-state index in [9.17, 15) is 18.0 Å². The summed E-state index contributed by atoms with van der Waals surface area (Å²) in [6.45, 7) is 1.51. The molecule has 2 aromatic carbocycles. The average molecular weight is 307 g/mol. The minimum atomic E-state index is -4.89. The van der Waals surface area contributed by atoms with Gasteiger partial charge in [0, 0.05) is 6.54 Å². The first-order valence-electron chi connectivity index (χ1n) is 6.86. The molecule has 0 saturated carbocycles. The van der Waals surface area contributed by atoms with Crippen molar-refractivity contribution in [2.45, 2.75) is 25.7 Å². The fourth-order valence-corrected chi connectivity index (χ4v) is 2.24. The van der Waals surface area contributed by atoms with Crippen molar-refractivity contribution in [1.82, 2.24) is 4.90 Å². The summed E-state index contributed by atoms with van der Waals surface area (Å²) in [5.41, 5.74) is 1.32. The first-order chi connectivity index (χ1) is 10.4. The number of halogens is 3. The van der Waals surface area contributed by atoms with Crippen LogP contribution in [0.25, 0.3) is 0 Å². The van der Waals surface area contributed by atoms with E-state index in [-0.39, 0.29) is 6.54 Å². The van der Waals surface area contributed by atoms with Crippen LogP contribution in [0.1, 0.15) is 24.1 Å². The van der Waals surface area contributed by atoms with Gasteiger partial charge in [-0.1, -0.05) is 60.7 Å². The summed E-state index contributed by atoms with van der Waals surface area (Å²) in [5.74, 6) is -1.83. The van der Waals surface area contributed by atoms with Gasteiger partial charge in [0.25, 0.3) is 0 Å². The van der Waals surface area contributed by atoms with Gasteiger partial charge in [0.1, 0.15) is 0 Å². The predicted molar refractivity (Wildman–Crippen MR) is 77.9 cm³/mol. The monoisotopic (exact) mass is 307 g/mol. The number of hydrogen-bond acceptors (Lipinski definition) is 1. The molecule has 0 aromatic heterocycles. The van der Waals surface area contributed by atoms with Crippen LogP contribution >= 0.6 is 0 Å². The Morgan fingerprint density at radius 3 is 2.00 bits per heavy atom. The van der Waals surface area contributed by atoms with Gasteiger partial charge in [0.05, 0.1) is 6.04 Å². The van der Waals surface area contributed by atoms with Crippen molar-refractivity contribution in [2.24, 2.45) is 0 Å². The maximum absolute atomic E-state index is 12.9. The third kappa shape index (κ3) is 3.87. The lowest BCUT2D eigenvalue weighted by atomic mass is 10.1. The molecule has 116 valence electrons. The zero-order valence-electron chi connectivity index (χ0n) is 12.0. The minimum Gasteiger partial charge on any atom is -0.324 e. The van der Waals surface area contributed by atoms with Crippen molar-refractivity contribution < 1.29 is 18.0 Å². The molecule has 0 heterocycles. The summed E-state index contributed by atoms with van der Waals surface area (Å²) in [6.07, 6.45) is -4.89. The third-order valence-corrected chi connectivity index (χ3v) is 3.45. The summed E-state index contributed by atoms with van der Waals surface area (Å²) < 4.78 is 38.7. The van der Waals surface area contributed by atoms with Crippen LogP contribution < -0.4 is 0 Å². The number of alkyl halides is 3.